The molecule has 2 N–H and O–H groups in total. The molecule has 27 heavy (non-hydrogen) atoms. The van der Waals surface area contributed by atoms with Gasteiger partial charge in [0, 0.05) is 12.6 Å². The van der Waals surface area contributed by atoms with E-state index in [2.05, 4.69) is 10.2 Å². The first-order valence-electron chi connectivity index (χ1n) is 8.37. The second-order valence-electron chi connectivity index (χ2n) is 6.07. The summed E-state index contributed by atoms with van der Waals surface area (Å²) in [5.41, 5.74) is 1.59. The van der Waals surface area contributed by atoms with Gasteiger partial charge >= 0.3 is 0 Å². The van der Waals surface area contributed by atoms with Crippen molar-refractivity contribution in [2.24, 2.45) is 0 Å². The number of rotatable bonds is 6. The van der Waals surface area contributed by atoms with Gasteiger partial charge in [-0.1, -0.05) is 54.2 Å². The number of benzene rings is 2. The summed E-state index contributed by atoms with van der Waals surface area (Å²) in [4.78, 5) is 14.2. The molecule has 0 saturated carbocycles. The maximum absolute atomic E-state index is 13.4. The van der Waals surface area contributed by atoms with E-state index in [1.807, 2.05) is 37.3 Å². The molecule has 1 amide bonds. The summed E-state index contributed by atoms with van der Waals surface area (Å²) < 4.78 is 14.7. The quantitative estimate of drug-likeness (QED) is 0.521. The van der Waals surface area contributed by atoms with Gasteiger partial charge in [0.1, 0.15) is 5.82 Å². The number of nitrogens with zero attached hydrogens (tertiary/aromatic N) is 4. The molecule has 3 aromatic rings. The van der Waals surface area contributed by atoms with Crippen LogP contribution < -0.4 is 5.84 Å². The highest BCUT2D eigenvalue weighted by Gasteiger charge is 2.19. The predicted molar refractivity (Wildman–Crippen MR) is 104 cm³/mol. The number of amides is 1. The highest BCUT2D eigenvalue weighted by atomic mass is 32.2. The second-order valence-corrected chi connectivity index (χ2v) is 7.01. The standard InChI is InChI=1S/C19H20FN5OS/c1-13(14-7-4-3-5-8-14)24(2)17(26)12-27-19-23-22-18(25(19)21)15-9-6-10-16(20)11-15/h3-11,13H,12,21H2,1-2H3/t13-/m0/s1. The largest absolute Gasteiger partial charge is 0.338 e. The molecule has 0 bridgehead atoms. The molecule has 0 aliphatic heterocycles. The van der Waals surface area contributed by atoms with Crippen molar-refractivity contribution in [3.63, 3.8) is 0 Å². The fourth-order valence-corrected chi connectivity index (χ4v) is 3.38. The van der Waals surface area contributed by atoms with E-state index >= 15 is 0 Å². The zero-order valence-electron chi connectivity index (χ0n) is 15.0. The molecule has 1 heterocycles. The van der Waals surface area contributed by atoms with Crippen molar-refractivity contribution in [1.29, 1.82) is 0 Å². The van der Waals surface area contributed by atoms with Crippen LogP contribution in [0.1, 0.15) is 18.5 Å². The maximum Gasteiger partial charge on any atom is 0.233 e. The molecule has 2 aromatic carbocycles. The third-order valence-electron chi connectivity index (χ3n) is 4.33. The monoisotopic (exact) mass is 385 g/mol. The predicted octanol–water partition coefficient (Wildman–Crippen LogP) is 3.11. The lowest BCUT2D eigenvalue weighted by Gasteiger charge is -2.25. The molecule has 0 aliphatic carbocycles. The van der Waals surface area contributed by atoms with Crippen molar-refractivity contribution in [3.8, 4) is 11.4 Å². The summed E-state index contributed by atoms with van der Waals surface area (Å²) in [7, 11) is 1.77. The smallest absolute Gasteiger partial charge is 0.233 e. The van der Waals surface area contributed by atoms with E-state index in [9.17, 15) is 9.18 Å². The highest BCUT2D eigenvalue weighted by molar-refractivity contribution is 7.99. The van der Waals surface area contributed by atoms with Gasteiger partial charge in [-0.05, 0) is 24.6 Å². The summed E-state index contributed by atoms with van der Waals surface area (Å²) in [6, 6.07) is 15.7. The Hall–Kier alpha value is -2.87. The van der Waals surface area contributed by atoms with Crippen LogP contribution in [0.15, 0.2) is 59.8 Å². The van der Waals surface area contributed by atoms with Crippen LogP contribution in [0.5, 0.6) is 0 Å². The van der Waals surface area contributed by atoms with E-state index in [-0.39, 0.29) is 23.5 Å². The number of hydrogen-bond acceptors (Lipinski definition) is 5. The average molecular weight is 385 g/mol. The molecule has 0 aliphatic rings. The lowest BCUT2D eigenvalue weighted by molar-refractivity contribution is -0.128. The van der Waals surface area contributed by atoms with E-state index in [4.69, 9.17) is 5.84 Å². The van der Waals surface area contributed by atoms with Crippen molar-refractivity contribution < 1.29 is 9.18 Å². The van der Waals surface area contributed by atoms with Crippen LogP contribution in [-0.4, -0.2) is 38.5 Å². The number of carbonyl (C=O) groups is 1. The summed E-state index contributed by atoms with van der Waals surface area (Å²) in [6.07, 6.45) is 0. The third-order valence-corrected chi connectivity index (χ3v) is 5.26. The van der Waals surface area contributed by atoms with Crippen LogP contribution in [0.3, 0.4) is 0 Å². The van der Waals surface area contributed by atoms with Gasteiger partial charge in [-0.3, -0.25) is 4.79 Å². The molecule has 1 atom stereocenters. The minimum absolute atomic E-state index is 0.0436. The number of nitrogen functional groups attached to an aromatic ring is 1. The van der Waals surface area contributed by atoms with Crippen LogP contribution >= 0.6 is 11.8 Å². The molecule has 0 fully saturated rings. The van der Waals surface area contributed by atoms with Gasteiger partial charge in [-0.25, -0.2) is 9.07 Å². The van der Waals surface area contributed by atoms with Gasteiger partial charge in [-0.15, -0.1) is 10.2 Å². The van der Waals surface area contributed by atoms with Crippen LogP contribution in [0.2, 0.25) is 0 Å². The maximum atomic E-state index is 13.4. The molecular weight excluding hydrogens is 365 g/mol. The van der Waals surface area contributed by atoms with Crippen LogP contribution in [0.25, 0.3) is 11.4 Å². The van der Waals surface area contributed by atoms with Gasteiger partial charge in [-0.2, -0.15) is 0 Å². The SMILES string of the molecule is C[C@@H](c1ccccc1)N(C)C(=O)CSc1nnc(-c2cccc(F)c2)n1N. The van der Waals surface area contributed by atoms with E-state index < -0.39 is 0 Å². The fourth-order valence-electron chi connectivity index (χ4n) is 2.60. The fraction of sp³-hybridized carbons (Fsp3) is 0.211. The summed E-state index contributed by atoms with van der Waals surface area (Å²) >= 11 is 1.20. The molecule has 3 rings (SSSR count). The normalized spacial score (nSPS) is 12.0. The minimum atomic E-state index is -0.378. The molecule has 8 heteroatoms. The van der Waals surface area contributed by atoms with Gasteiger partial charge in [0.2, 0.25) is 11.1 Å². The van der Waals surface area contributed by atoms with E-state index in [0.717, 1.165) is 5.56 Å². The van der Waals surface area contributed by atoms with Crippen LogP contribution in [0, 0.1) is 5.82 Å². The van der Waals surface area contributed by atoms with Crippen molar-refractivity contribution in [2.45, 2.75) is 18.1 Å². The lowest BCUT2D eigenvalue weighted by Crippen LogP contribution is -2.31. The Balaban J connectivity index is 1.66. The summed E-state index contributed by atoms with van der Waals surface area (Å²) in [5.74, 6) is 6.11. The first-order valence-corrected chi connectivity index (χ1v) is 9.35. The number of hydrogen-bond donors (Lipinski definition) is 1. The number of aromatic nitrogens is 3. The molecule has 0 spiro atoms. The zero-order chi connectivity index (χ0) is 19.4. The minimum Gasteiger partial charge on any atom is -0.338 e. The highest BCUT2D eigenvalue weighted by Crippen LogP contribution is 2.24. The van der Waals surface area contributed by atoms with Gasteiger partial charge in [0.05, 0.1) is 11.8 Å². The van der Waals surface area contributed by atoms with Crippen molar-refractivity contribution in [1.82, 2.24) is 19.8 Å². The summed E-state index contributed by atoms with van der Waals surface area (Å²) in [5, 5.41) is 8.41. The summed E-state index contributed by atoms with van der Waals surface area (Å²) in [6.45, 7) is 1.98. The Morgan fingerprint density at radius 1 is 1.22 bits per heavy atom. The molecule has 6 nitrogen and oxygen atoms in total. The van der Waals surface area contributed by atoms with E-state index in [1.54, 1.807) is 24.1 Å². The number of nitrogens with two attached hydrogens (primary N) is 1. The Morgan fingerprint density at radius 3 is 2.67 bits per heavy atom. The topological polar surface area (TPSA) is 77.0 Å². The first-order chi connectivity index (χ1) is 13.0. The lowest BCUT2D eigenvalue weighted by atomic mass is 10.1. The Labute approximate surface area is 161 Å². The van der Waals surface area contributed by atoms with Crippen molar-refractivity contribution >= 4 is 17.7 Å². The molecule has 0 radical (unpaired) electrons. The van der Waals surface area contributed by atoms with E-state index in [0.29, 0.717) is 16.5 Å². The van der Waals surface area contributed by atoms with Crippen molar-refractivity contribution in [2.75, 3.05) is 18.6 Å². The van der Waals surface area contributed by atoms with Crippen molar-refractivity contribution in [3.05, 3.63) is 66.0 Å². The third kappa shape index (κ3) is 4.28. The Kier molecular flexibility index (Phi) is 5.75. The Morgan fingerprint density at radius 2 is 1.96 bits per heavy atom. The average Bonchev–Trinajstić information content (AvgIpc) is 3.06. The first kappa shape index (κ1) is 18.9. The zero-order valence-corrected chi connectivity index (χ0v) is 15.9. The Bertz CT molecular complexity index is 931. The second kappa shape index (κ2) is 8.22. The van der Waals surface area contributed by atoms with Gasteiger partial charge in [0.15, 0.2) is 5.82 Å². The molecule has 140 valence electrons. The number of carbonyl (C=O) groups excluding carboxylic acids is 1. The van der Waals surface area contributed by atoms with E-state index in [1.165, 1.54) is 28.6 Å². The molecular formula is C19H20FN5OS. The molecule has 0 saturated heterocycles. The van der Waals surface area contributed by atoms with Gasteiger partial charge < -0.3 is 10.7 Å². The molecule has 0 unspecified atom stereocenters. The van der Waals surface area contributed by atoms with Gasteiger partial charge in [0.25, 0.3) is 0 Å². The van der Waals surface area contributed by atoms with Crippen LogP contribution in [0.4, 0.5) is 4.39 Å². The number of halogens is 1. The number of thioether (sulfide) groups is 1. The van der Waals surface area contributed by atoms with Crippen LogP contribution in [-0.2, 0) is 4.79 Å². The molecule has 1 aromatic heterocycles.